The van der Waals surface area contributed by atoms with Crippen molar-refractivity contribution in [1.82, 2.24) is 0 Å². The number of fused-ring (bicyclic) bond motifs is 1. The third-order valence-corrected chi connectivity index (χ3v) is 6.82. The highest BCUT2D eigenvalue weighted by molar-refractivity contribution is 6.30. The maximum atomic E-state index is 12.6. The number of ketones is 1. The third kappa shape index (κ3) is 3.66. The van der Waals surface area contributed by atoms with Crippen LogP contribution in [-0.4, -0.2) is 36.4 Å². The first-order chi connectivity index (χ1) is 15.4. The molecule has 0 amide bonds. The largest absolute Gasteiger partial charge is 0.462 e. The molecule has 32 heavy (non-hydrogen) atoms. The van der Waals surface area contributed by atoms with Crippen molar-refractivity contribution >= 4 is 35.3 Å². The Bertz CT molecular complexity index is 1090. The van der Waals surface area contributed by atoms with Crippen LogP contribution in [0.5, 0.6) is 5.75 Å². The molecule has 3 aliphatic rings. The summed E-state index contributed by atoms with van der Waals surface area (Å²) in [6, 6.07) is 12.3. The number of benzene rings is 2. The van der Waals surface area contributed by atoms with E-state index in [1.807, 2.05) is 0 Å². The first-order valence-electron chi connectivity index (χ1n) is 10.4. The van der Waals surface area contributed by atoms with Crippen molar-refractivity contribution in [3.05, 3.63) is 64.7 Å². The summed E-state index contributed by atoms with van der Waals surface area (Å²) in [6.45, 7) is -0.415. The fraction of sp³-hybridized carbons (Fsp3) is 0.333. The summed E-state index contributed by atoms with van der Waals surface area (Å²) >= 11 is 5.81. The topological polar surface area (TPSA) is 96.0 Å². The number of Topliss-reactive ketones (excluding diaryl/α,β-unsaturated/α-hetero) is 1. The summed E-state index contributed by atoms with van der Waals surface area (Å²) in [5, 5.41) is 0.512. The van der Waals surface area contributed by atoms with Gasteiger partial charge in [0.25, 0.3) is 0 Å². The van der Waals surface area contributed by atoms with Gasteiger partial charge < -0.3 is 14.2 Å². The average Bonchev–Trinajstić information content (AvgIpc) is 3.41. The van der Waals surface area contributed by atoms with Gasteiger partial charge in [0.15, 0.2) is 12.4 Å². The first-order valence-corrected chi connectivity index (χ1v) is 10.8. The molecule has 5 rings (SSSR count). The Balaban J connectivity index is 1.16. The highest BCUT2D eigenvalue weighted by atomic mass is 35.5. The summed E-state index contributed by atoms with van der Waals surface area (Å²) in [7, 11) is 0. The van der Waals surface area contributed by atoms with Crippen LogP contribution in [0.3, 0.4) is 0 Å². The summed E-state index contributed by atoms with van der Waals surface area (Å²) < 4.78 is 15.9. The van der Waals surface area contributed by atoms with Gasteiger partial charge in [-0.25, -0.2) is 4.79 Å². The van der Waals surface area contributed by atoms with Gasteiger partial charge in [-0.15, -0.1) is 0 Å². The summed E-state index contributed by atoms with van der Waals surface area (Å²) in [6.07, 6.45) is 1.43. The van der Waals surface area contributed by atoms with E-state index in [9.17, 15) is 19.2 Å². The van der Waals surface area contributed by atoms with Crippen LogP contribution in [0.15, 0.2) is 48.5 Å². The van der Waals surface area contributed by atoms with Crippen LogP contribution < -0.4 is 4.74 Å². The highest BCUT2D eigenvalue weighted by Gasteiger charge is 2.64. The van der Waals surface area contributed by atoms with Crippen LogP contribution in [-0.2, 0) is 19.1 Å². The van der Waals surface area contributed by atoms with Crippen molar-refractivity contribution in [3.63, 3.8) is 0 Å². The standard InChI is InChI=1S/C24H19ClO7/c25-15-5-1-13(2-6-15)22(27)31-16-7-3-12(4-8-16)18(26)11-30-23(28)20-14-9-17-19(10-14)32-24(29)21(17)20/h1-8,14,17,19-21H,9-11H2/t14-,17+,19-,20-,21+/m1/s1. The lowest BCUT2D eigenvalue weighted by molar-refractivity contribution is -0.154. The molecule has 2 saturated carbocycles. The van der Waals surface area contributed by atoms with E-state index in [0.29, 0.717) is 22.6 Å². The minimum Gasteiger partial charge on any atom is -0.462 e. The number of rotatable bonds is 6. The number of esters is 3. The molecular formula is C24H19ClO7. The first kappa shape index (κ1) is 20.7. The molecular weight excluding hydrogens is 436 g/mol. The third-order valence-electron chi connectivity index (χ3n) is 6.57. The zero-order valence-corrected chi connectivity index (χ0v) is 17.6. The fourth-order valence-electron chi connectivity index (χ4n) is 5.10. The maximum absolute atomic E-state index is 12.6. The molecule has 0 N–H and O–H groups in total. The molecule has 3 fully saturated rings. The summed E-state index contributed by atoms with van der Waals surface area (Å²) in [5.41, 5.74) is 0.664. The lowest BCUT2D eigenvalue weighted by atomic mass is 9.80. The Morgan fingerprint density at radius 1 is 0.969 bits per heavy atom. The molecule has 2 bridgehead atoms. The molecule has 0 unspecified atom stereocenters. The summed E-state index contributed by atoms with van der Waals surface area (Å²) in [5.74, 6) is -2.27. The number of ether oxygens (including phenoxy) is 3. The minimum absolute atomic E-state index is 0.0597. The molecule has 5 atom stereocenters. The van der Waals surface area contributed by atoms with Crippen LogP contribution in [0, 0.1) is 23.7 Å². The van der Waals surface area contributed by atoms with Crippen LogP contribution in [0.25, 0.3) is 0 Å². The predicted molar refractivity (Wildman–Crippen MR) is 111 cm³/mol. The van der Waals surface area contributed by atoms with E-state index in [-0.39, 0.29) is 35.4 Å². The lowest BCUT2D eigenvalue weighted by Gasteiger charge is -2.22. The van der Waals surface area contributed by atoms with Crippen molar-refractivity contribution in [2.75, 3.05) is 6.61 Å². The zero-order valence-electron chi connectivity index (χ0n) is 16.9. The highest BCUT2D eigenvalue weighted by Crippen LogP contribution is 2.57. The van der Waals surface area contributed by atoms with E-state index >= 15 is 0 Å². The predicted octanol–water partition coefficient (Wildman–Crippen LogP) is 3.48. The van der Waals surface area contributed by atoms with Crippen molar-refractivity contribution in [2.24, 2.45) is 23.7 Å². The molecule has 2 aromatic rings. The van der Waals surface area contributed by atoms with E-state index in [0.717, 1.165) is 6.42 Å². The molecule has 1 saturated heterocycles. The SMILES string of the molecule is O=C(COC(=O)[C@@H]1[C@@H]2C[C@@H]3[C@@H]1C(=O)O[C@@H]3C2)c1ccc(OC(=O)c2ccc(Cl)cc2)cc1. The van der Waals surface area contributed by atoms with E-state index in [1.54, 1.807) is 24.3 Å². The molecule has 0 spiro atoms. The van der Waals surface area contributed by atoms with Crippen molar-refractivity contribution in [2.45, 2.75) is 18.9 Å². The number of halogens is 1. The molecule has 0 radical (unpaired) electrons. The van der Waals surface area contributed by atoms with Crippen LogP contribution >= 0.6 is 11.6 Å². The Labute approximate surface area is 188 Å². The van der Waals surface area contributed by atoms with Crippen molar-refractivity contribution in [3.8, 4) is 5.75 Å². The van der Waals surface area contributed by atoms with Gasteiger partial charge in [-0.05, 0) is 67.3 Å². The van der Waals surface area contributed by atoms with Gasteiger partial charge in [0.1, 0.15) is 11.9 Å². The molecule has 0 aromatic heterocycles. The van der Waals surface area contributed by atoms with Gasteiger partial charge in [-0.1, -0.05) is 11.6 Å². The smallest absolute Gasteiger partial charge is 0.343 e. The molecule has 7 nitrogen and oxygen atoms in total. The van der Waals surface area contributed by atoms with Crippen LogP contribution in [0.4, 0.5) is 0 Å². The van der Waals surface area contributed by atoms with Gasteiger partial charge >= 0.3 is 17.9 Å². The Morgan fingerprint density at radius 2 is 1.66 bits per heavy atom. The molecule has 8 heteroatoms. The molecule has 2 aromatic carbocycles. The van der Waals surface area contributed by atoms with Crippen LogP contribution in [0.1, 0.15) is 33.6 Å². The molecule has 164 valence electrons. The van der Waals surface area contributed by atoms with Gasteiger partial charge in [-0.2, -0.15) is 0 Å². The molecule has 1 heterocycles. The van der Waals surface area contributed by atoms with E-state index < -0.39 is 30.4 Å². The maximum Gasteiger partial charge on any atom is 0.343 e. The summed E-state index contributed by atoms with van der Waals surface area (Å²) in [4.78, 5) is 49.2. The quantitative estimate of drug-likeness (QED) is 0.374. The van der Waals surface area contributed by atoms with Gasteiger partial charge in [0.2, 0.25) is 0 Å². The lowest BCUT2D eigenvalue weighted by Crippen LogP contribution is -2.34. The normalized spacial score (nSPS) is 27.2. The Hall–Kier alpha value is -3.19. The monoisotopic (exact) mass is 454 g/mol. The van der Waals surface area contributed by atoms with Crippen molar-refractivity contribution in [1.29, 1.82) is 0 Å². The van der Waals surface area contributed by atoms with E-state index in [2.05, 4.69) is 0 Å². The minimum atomic E-state index is -0.548. The number of hydrogen-bond donors (Lipinski definition) is 0. The molecule has 1 aliphatic heterocycles. The van der Waals surface area contributed by atoms with Crippen LogP contribution in [0.2, 0.25) is 5.02 Å². The van der Waals surface area contributed by atoms with Crippen molar-refractivity contribution < 1.29 is 33.4 Å². The zero-order chi connectivity index (χ0) is 22.4. The second-order valence-corrected chi connectivity index (χ2v) is 8.81. The van der Waals surface area contributed by atoms with Gasteiger partial charge in [0, 0.05) is 16.5 Å². The Kier molecular flexibility index (Phi) is 5.21. The molecule has 2 aliphatic carbocycles. The average molecular weight is 455 g/mol. The second kappa shape index (κ2) is 8.06. The van der Waals surface area contributed by atoms with Gasteiger partial charge in [0.05, 0.1) is 17.4 Å². The Morgan fingerprint density at radius 3 is 2.38 bits per heavy atom. The number of carbonyl (C=O) groups excluding carboxylic acids is 4. The number of hydrogen-bond acceptors (Lipinski definition) is 7. The fourth-order valence-corrected chi connectivity index (χ4v) is 5.23. The van der Waals surface area contributed by atoms with E-state index in [1.165, 1.54) is 24.3 Å². The van der Waals surface area contributed by atoms with E-state index in [4.69, 9.17) is 25.8 Å². The second-order valence-electron chi connectivity index (χ2n) is 8.37. The number of carbonyl (C=O) groups is 4. The van der Waals surface area contributed by atoms with Gasteiger partial charge in [-0.3, -0.25) is 14.4 Å².